The molecule has 1 aromatic rings. The fourth-order valence-corrected chi connectivity index (χ4v) is 5.62. The zero-order valence-electron chi connectivity index (χ0n) is 21.7. The van der Waals surface area contributed by atoms with Crippen LogP contribution in [0.15, 0.2) is 36.4 Å². The molecule has 1 saturated carbocycles. The molecule has 2 N–H and O–H groups in total. The fourth-order valence-electron chi connectivity index (χ4n) is 5.20. The first-order valence-corrected chi connectivity index (χ1v) is 14.2. The number of morpholine rings is 1. The lowest BCUT2D eigenvalue weighted by molar-refractivity contribution is -0.144. The first-order valence-electron chi connectivity index (χ1n) is 13.7. The zero-order chi connectivity index (χ0) is 25.8. The number of esters is 1. The molecule has 3 rings (SSSR count). The number of unbranched alkanes of at least 4 members (excludes halogenated alkanes) is 3. The molecular weight excluding hydrogens is 478 g/mol. The second-order valence-corrected chi connectivity index (χ2v) is 10.7. The van der Waals surface area contributed by atoms with E-state index in [1.165, 1.54) is 0 Å². The van der Waals surface area contributed by atoms with Gasteiger partial charge in [0.15, 0.2) is 0 Å². The molecule has 0 spiro atoms. The van der Waals surface area contributed by atoms with Gasteiger partial charge < -0.3 is 19.7 Å². The van der Waals surface area contributed by atoms with Gasteiger partial charge in [0.1, 0.15) is 6.61 Å². The molecule has 202 valence electrons. The molecule has 1 aromatic carbocycles. The van der Waals surface area contributed by atoms with Gasteiger partial charge in [-0.2, -0.15) is 0 Å². The number of aliphatic hydroxyl groups is 2. The fraction of sp³-hybridized carbons (Fsp3) is 0.690. The van der Waals surface area contributed by atoms with Crippen LogP contribution in [0.3, 0.4) is 0 Å². The van der Waals surface area contributed by atoms with Crippen molar-refractivity contribution in [3.63, 3.8) is 0 Å². The maximum atomic E-state index is 12.0. The van der Waals surface area contributed by atoms with E-state index in [0.29, 0.717) is 19.4 Å². The smallest absolute Gasteiger partial charge is 0.305 e. The van der Waals surface area contributed by atoms with Gasteiger partial charge in [0.05, 0.1) is 25.4 Å². The van der Waals surface area contributed by atoms with Crippen LogP contribution in [-0.4, -0.2) is 72.0 Å². The lowest BCUT2D eigenvalue weighted by atomic mass is 9.86. The summed E-state index contributed by atoms with van der Waals surface area (Å²) < 4.78 is 10.7. The molecule has 0 amide bonds. The number of aliphatic hydroxyl groups excluding tert-OH is 2. The lowest BCUT2D eigenvalue weighted by Gasteiger charge is -2.26. The third-order valence-electron chi connectivity index (χ3n) is 7.39. The molecule has 5 unspecified atom stereocenters. The summed E-state index contributed by atoms with van der Waals surface area (Å²) in [4.78, 5) is 14.3. The number of hydrogen-bond acceptors (Lipinski definition) is 6. The maximum absolute atomic E-state index is 12.0. The Morgan fingerprint density at radius 1 is 1.22 bits per heavy atom. The number of nitrogens with zero attached hydrogens (tertiary/aromatic N) is 1. The lowest BCUT2D eigenvalue weighted by Crippen LogP contribution is -2.38. The van der Waals surface area contributed by atoms with Crippen molar-refractivity contribution in [3.8, 4) is 0 Å². The van der Waals surface area contributed by atoms with Gasteiger partial charge in [-0.3, -0.25) is 9.69 Å². The van der Waals surface area contributed by atoms with Crippen LogP contribution in [0.25, 0.3) is 0 Å². The van der Waals surface area contributed by atoms with E-state index in [4.69, 9.17) is 21.1 Å². The quantitative estimate of drug-likeness (QED) is 0.156. The van der Waals surface area contributed by atoms with Gasteiger partial charge in [-0.25, -0.2) is 0 Å². The van der Waals surface area contributed by atoms with E-state index in [-0.39, 0.29) is 23.2 Å². The predicted molar refractivity (Wildman–Crippen MR) is 143 cm³/mol. The molecule has 1 heterocycles. The summed E-state index contributed by atoms with van der Waals surface area (Å²) >= 11 is 6.62. The van der Waals surface area contributed by atoms with E-state index < -0.39 is 12.2 Å². The van der Waals surface area contributed by atoms with Crippen molar-refractivity contribution >= 4 is 17.6 Å². The van der Waals surface area contributed by atoms with Gasteiger partial charge in [0.25, 0.3) is 0 Å². The molecule has 1 aliphatic heterocycles. The number of rotatable bonds is 14. The third kappa shape index (κ3) is 9.14. The Morgan fingerprint density at radius 2 is 1.97 bits per heavy atom. The van der Waals surface area contributed by atoms with Crippen molar-refractivity contribution in [1.82, 2.24) is 4.90 Å². The topological polar surface area (TPSA) is 79.2 Å². The molecule has 5 atom stereocenters. The average Bonchev–Trinajstić information content (AvgIpc) is 3.17. The van der Waals surface area contributed by atoms with Crippen molar-refractivity contribution in [3.05, 3.63) is 47.5 Å². The van der Waals surface area contributed by atoms with Crippen molar-refractivity contribution in [2.24, 2.45) is 5.92 Å². The molecule has 1 aliphatic carbocycles. The summed E-state index contributed by atoms with van der Waals surface area (Å²) in [5.74, 6) is -0.194. The molecule has 2 fully saturated rings. The summed E-state index contributed by atoms with van der Waals surface area (Å²) in [6, 6.07) is 8.00. The Morgan fingerprint density at radius 3 is 2.69 bits per heavy atom. The summed E-state index contributed by atoms with van der Waals surface area (Å²) in [5.41, 5.74) is 1.97. The molecule has 7 heteroatoms. The Balaban J connectivity index is 1.42. The molecule has 0 bridgehead atoms. The van der Waals surface area contributed by atoms with Crippen LogP contribution in [0.1, 0.15) is 81.4 Å². The number of benzene rings is 1. The van der Waals surface area contributed by atoms with E-state index in [1.807, 2.05) is 24.3 Å². The maximum Gasteiger partial charge on any atom is 0.305 e. The number of ether oxygens (including phenoxy) is 2. The highest BCUT2D eigenvalue weighted by molar-refractivity contribution is 6.21. The minimum atomic E-state index is -0.496. The van der Waals surface area contributed by atoms with Crippen LogP contribution in [-0.2, 0) is 14.3 Å². The average molecular weight is 522 g/mol. The highest BCUT2D eigenvalue weighted by Gasteiger charge is 2.41. The van der Waals surface area contributed by atoms with Crippen molar-refractivity contribution in [2.75, 3.05) is 39.5 Å². The molecule has 36 heavy (non-hydrogen) atoms. The zero-order valence-corrected chi connectivity index (χ0v) is 22.5. The first-order chi connectivity index (χ1) is 17.5. The minimum absolute atomic E-state index is 0.0301. The largest absolute Gasteiger partial charge is 0.464 e. The molecule has 2 aliphatic rings. The van der Waals surface area contributed by atoms with E-state index in [0.717, 1.165) is 82.5 Å². The van der Waals surface area contributed by atoms with Gasteiger partial charge in [-0.15, -0.1) is 11.6 Å². The summed E-state index contributed by atoms with van der Waals surface area (Å²) in [7, 11) is 0. The van der Waals surface area contributed by atoms with Crippen LogP contribution in [0.4, 0.5) is 0 Å². The summed E-state index contributed by atoms with van der Waals surface area (Å²) in [6.07, 6.45) is 9.76. The number of halogens is 1. The number of alkyl halides is 1. The molecule has 6 nitrogen and oxygen atoms in total. The summed E-state index contributed by atoms with van der Waals surface area (Å²) in [6.45, 7) is 6.63. The minimum Gasteiger partial charge on any atom is -0.464 e. The van der Waals surface area contributed by atoms with Crippen molar-refractivity contribution < 1.29 is 24.5 Å². The van der Waals surface area contributed by atoms with E-state index >= 15 is 0 Å². The van der Waals surface area contributed by atoms with E-state index in [9.17, 15) is 15.0 Å². The molecule has 0 radical (unpaired) electrons. The highest BCUT2D eigenvalue weighted by Crippen LogP contribution is 2.44. The monoisotopic (exact) mass is 521 g/mol. The van der Waals surface area contributed by atoms with Gasteiger partial charge in [-0.05, 0) is 36.8 Å². The van der Waals surface area contributed by atoms with Crippen molar-refractivity contribution in [1.29, 1.82) is 0 Å². The Labute approximate surface area is 221 Å². The normalized spacial score (nSPS) is 25.9. The molecular formula is C29H44ClNO5. The predicted octanol–water partition coefficient (Wildman–Crippen LogP) is 4.97. The SMILES string of the molecule is CCCCCC(O)c1ccc(C2C(O)CC(Cl)C2C=CCCCC(=O)OCCN2CCOCC2)cc1. The number of carbonyl (C=O) groups excluding carboxylic acids is 1. The standard InChI is InChI=1S/C29H44ClNO5/c1-2-3-5-9-26(32)22-11-13-23(14-12-22)29-24(25(30)21-27(29)33)8-6-4-7-10-28(34)36-20-17-31-15-18-35-19-16-31/h6,8,11-14,24-27,29,32-33H,2-5,7,9-10,15-21H2,1H3. The molecule has 1 saturated heterocycles. The number of hydrogen-bond donors (Lipinski definition) is 2. The second kappa shape index (κ2) is 15.7. The van der Waals surface area contributed by atoms with E-state index in [1.54, 1.807) is 0 Å². The van der Waals surface area contributed by atoms with E-state index in [2.05, 4.69) is 24.0 Å². The first kappa shape index (κ1) is 29.1. The highest BCUT2D eigenvalue weighted by atomic mass is 35.5. The third-order valence-corrected chi connectivity index (χ3v) is 7.85. The molecule has 0 aromatic heterocycles. The van der Waals surface area contributed by atoms with Crippen LogP contribution >= 0.6 is 11.6 Å². The van der Waals surface area contributed by atoms with Gasteiger partial charge >= 0.3 is 5.97 Å². The van der Waals surface area contributed by atoms with Crippen LogP contribution in [0.5, 0.6) is 0 Å². The summed E-state index contributed by atoms with van der Waals surface area (Å²) in [5, 5.41) is 21.0. The van der Waals surface area contributed by atoms with Crippen LogP contribution in [0.2, 0.25) is 0 Å². The number of allylic oxidation sites excluding steroid dienone is 2. The second-order valence-electron chi connectivity index (χ2n) is 10.1. The van der Waals surface area contributed by atoms with Crippen LogP contribution < -0.4 is 0 Å². The Bertz CT molecular complexity index is 795. The van der Waals surface area contributed by atoms with Gasteiger partial charge in [-0.1, -0.05) is 62.6 Å². The number of carbonyl (C=O) groups is 1. The van der Waals surface area contributed by atoms with Crippen molar-refractivity contribution in [2.45, 2.75) is 81.8 Å². The van der Waals surface area contributed by atoms with Gasteiger partial charge in [0, 0.05) is 43.3 Å². The Kier molecular flexibility index (Phi) is 12.7. The van der Waals surface area contributed by atoms with Crippen LogP contribution in [0, 0.1) is 5.92 Å². The Hall–Kier alpha value is -1.44. The van der Waals surface area contributed by atoms with Gasteiger partial charge in [0.2, 0.25) is 0 Å².